The van der Waals surface area contributed by atoms with E-state index in [1.807, 2.05) is 4.98 Å². The van der Waals surface area contributed by atoms with E-state index in [1.165, 1.54) is 13.1 Å². The number of aryl methyl sites for hydroxylation is 1. The molecule has 100 valence electrons. The minimum absolute atomic E-state index is 0.215. The van der Waals surface area contributed by atoms with Gasteiger partial charge in [0.1, 0.15) is 0 Å². The molecule has 9 heteroatoms. The molecule has 0 bridgehead atoms. The Kier molecular flexibility index (Phi) is 4.42. The average molecular weight is 276 g/mol. The number of rotatable bonds is 4. The Hall–Kier alpha value is -1.47. The monoisotopic (exact) mass is 276 g/mol. The molecule has 4 N–H and O–H groups in total. The summed E-state index contributed by atoms with van der Waals surface area (Å²) in [5.41, 5.74) is -0.925. The van der Waals surface area contributed by atoms with Crippen LogP contribution >= 0.6 is 7.60 Å². The maximum absolute atomic E-state index is 11.3. The Bertz CT molecular complexity index is 610. The van der Waals surface area contributed by atoms with Gasteiger partial charge in [0.25, 0.3) is 5.56 Å². The summed E-state index contributed by atoms with van der Waals surface area (Å²) in [4.78, 5) is 41.6. The SMILES string of the molecule is Cc1cn(CC(O)/C=C/P(=O)(O)O)c(=O)[nH]c1=O. The molecular formula is C9H13N2O6P. The molecule has 0 radical (unpaired) electrons. The first-order valence-corrected chi connectivity index (χ1v) is 6.60. The fourth-order valence-electron chi connectivity index (χ4n) is 1.23. The van der Waals surface area contributed by atoms with E-state index in [4.69, 9.17) is 9.79 Å². The van der Waals surface area contributed by atoms with Gasteiger partial charge in [-0.25, -0.2) is 4.79 Å². The summed E-state index contributed by atoms with van der Waals surface area (Å²) in [6.45, 7) is 1.28. The predicted octanol–water partition coefficient (Wildman–Crippen LogP) is -1.10. The van der Waals surface area contributed by atoms with E-state index in [1.54, 1.807) is 0 Å². The number of nitrogens with zero attached hydrogens (tertiary/aromatic N) is 1. The zero-order chi connectivity index (χ0) is 13.9. The number of aliphatic hydroxyl groups excluding tert-OH is 1. The summed E-state index contributed by atoms with van der Waals surface area (Å²) >= 11 is 0. The number of aromatic nitrogens is 2. The summed E-state index contributed by atoms with van der Waals surface area (Å²) in [7, 11) is -4.34. The second-order valence-corrected chi connectivity index (χ2v) is 5.20. The normalized spacial score (nSPS) is 14.0. The largest absolute Gasteiger partial charge is 0.387 e. The summed E-state index contributed by atoms with van der Waals surface area (Å²) < 4.78 is 11.6. The molecule has 0 spiro atoms. The van der Waals surface area contributed by atoms with Crippen molar-refractivity contribution in [3.05, 3.63) is 44.5 Å². The van der Waals surface area contributed by atoms with Gasteiger partial charge >= 0.3 is 13.3 Å². The Morgan fingerprint density at radius 2 is 2.11 bits per heavy atom. The van der Waals surface area contributed by atoms with Crippen molar-refractivity contribution in [2.45, 2.75) is 19.6 Å². The van der Waals surface area contributed by atoms with E-state index in [9.17, 15) is 19.3 Å². The molecule has 1 heterocycles. The third-order valence-electron chi connectivity index (χ3n) is 2.08. The lowest BCUT2D eigenvalue weighted by Crippen LogP contribution is -2.33. The highest BCUT2D eigenvalue weighted by Gasteiger charge is 2.09. The molecule has 0 saturated heterocycles. The summed E-state index contributed by atoms with van der Waals surface area (Å²) in [5, 5.41) is 9.47. The number of aliphatic hydroxyl groups is 1. The Morgan fingerprint density at radius 3 is 2.67 bits per heavy atom. The molecule has 1 atom stereocenters. The summed E-state index contributed by atoms with van der Waals surface area (Å²) in [5.74, 6) is 0.557. The first-order valence-electron chi connectivity index (χ1n) is 4.92. The van der Waals surface area contributed by atoms with Crippen molar-refractivity contribution in [3.8, 4) is 0 Å². The molecule has 0 aliphatic heterocycles. The fourth-order valence-corrected chi connectivity index (χ4v) is 1.65. The standard InChI is InChI=1S/C9H13N2O6P/c1-6-4-11(9(14)10-8(6)13)5-7(12)2-3-18(15,16)17/h2-4,7,12H,5H2,1H3,(H,10,13,14)(H2,15,16,17)/b3-2+. The van der Waals surface area contributed by atoms with Gasteiger partial charge in [0, 0.05) is 17.6 Å². The molecule has 0 aliphatic rings. The average Bonchev–Trinajstić information content (AvgIpc) is 2.22. The van der Waals surface area contributed by atoms with Gasteiger partial charge in [-0.2, -0.15) is 0 Å². The molecule has 0 aliphatic carbocycles. The van der Waals surface area contributed by atoms with Gasteiger partial charge in [-0.3, -0.25) is 18.9 Å². The molecule has 1 rings (SSSR count). The Labute approximate surface area is 101 Å². The van der Waals surface area contributed by atoms with Gasteiger partial charge in [0.05, 0.1) is 12.6 Å². The van der Waals surface area contributed by atoms with Crippen molar-refractivity contribution in [2.75, 3.05) is 0 Å². The van der Waals surface area contributed by atoms with Crippen LogP contribution in [0.3, 0.4) is 0 Å². The quantitative estimate of drug-likeness (QED) is 0.516. The van der Waals surface area contributed by atoms with E-state index in [-0.39, 0.29) is 6.54 Å². The van der Waals surface area contributed by atoms with Crippen LogP contribution in [0.1, 0.15) is 5.56 Å². The van der Waals surface area contributed by atoms with Gasteiger partial charge in [0.15, 0.2) is 0 Å². The van der Waals surface area contributed by atoms with Gasteiger partial charge in [-0.15, -0.1) is 0 Å². The van der Waals surface area contributed by atoms with E-state index >= 15 is 0 Å². The van der Waals surface area contributed by atoms with Crippen molar-refractivity contribution >= 4 is 7.60 Å². The van der Waals surface area contributed by atoms with Crippen LogP contribution in [0, 0.1) is 6.92 Å². The van der Waals surface area contributed by atoms with Crippen LogP contribution in [0.25, 0.3) is 0 Å². The Balaban J connectivity index is 2.89. The minimum atomic E-state index is -4.34. The van der Waals surface area contributed by atoms with Crippen LogP contribution < -0.4 is 11.2 Å². The van der Waals surface area contributed by atoms with E-state index in [0.717, 1.165) is 10.6 Å². The van der Waals surface area contributed by atoms with E-state index < -0.39 is 24.9 Å². The molecule has 8 nitrogen and oxygen atoms in total. The molecule has 1 unspecified atom stereocenters. The summed E-state index contributed by atoms with van der Waals surface area (Å²) in [6.07, 6.45) is 0.907. The third-order valence-corrected chi connectivity index (χ3v) is 2.64. The van der Waals surface area contributed by atoms with Crippen LogP contribution in [0.4, 0.5) is 0 Å². The number of nitrogens with one attached hydrogen (secondary N) is 1. The minimum Gasteiger partial charge on any atom is -0.387 e. The highest BCUT2D eigenvalue weighted by Crippen LogP contribution is 2.35. The number of H-pyrrole nitrogens is 1. The van der Waals surface area contributed by atoms with E-state index in [2.05, 4.69) is 0 Å². The smallest absolute Gasteiger partial charge is 0.348 e. The number of aromatic amines is 1. The van der Waals surface area contributed by atoms with Crippen molar-refractivity contribution in [2.24, 2.45) is 0 Å². The lowest BCUT2D eigenvalue weighted by molar-refractivity contribution is 0.198. The van der Waals surface area contributed by atoms with Gasteiger partial charge in [0.2, 0.25) is 0 Å². The van der Waals surface area contributed by atoms with Crippen molar-refractivity contribution in [3.63, 3.8) is 0 Å². The fraction of sp³-hybridized carbons (Fsp3) is 0.333. The first kappa shape index (κ1) is 14.6. The zero-order valence-corrected chi connectivity index (χ0v) is 10.4. The lowest BCUT2D eigenvalue weighted by atomic mass is 10.3. The highest BCUT2D eigenvalue weighted by molar-refractivity contribution is 7.55. The van der Waals surface area contributed by atoms with Crippen molar-refractivity contribution in [1.82, 2.24) is 9.55 Å². The highest BCUT2D eigenvalue weighted by atomic mass is 31.2. The van der Waals surface area contributed by atoms with Crippen molar-refractivity contribution in [1.29, 1.82) is 0 Å². The maximum Gasteiger partial charge on any atom is 0.348 e. The first-order chi connectivity index (χ1) is 8.19. The zero-order valence-electron chi connectivity index (χ0n) is 9.48. The predicted molar refractivity (Wildman–Crippen MR) is 63.3 cm³/mol. The summed E-state index contributed by atoms with van der Waals surface area (Å²) in [6, 6.07) is 0. The van der Waals surface area contributed by atoms with Crippen LogP contribution in [0.5, 0.6) is 0 Å². The molecule has 0 amide bonds. The lowest BCUT2D eigenvalue weighted by Gasteiger charge is -2.09. The molecule has 1 aromatic rings. The molecule has 0 aromatic carbocycles. The maximum atomic E-state index is 11.3. The van der Waals surface area contributed by atoms with Crippen LogP contribution in [0.2, 0.25) is 0 Å². The van der Waals surface area contributed by atoms with Gasteiger partial charge in [-0.05, 0) is 13.0 Å². The molecule has 0 fully saturated rings. The van der Waals surface area contributed by atoms with Crippen LogP contribution in [-0.2, 0) is 11.1 Å². The molecule has 18 heavy (non-hydrogen) atoms. The topological polar surface area (TPSA) is 133 Å². The Morgan fingerprint density at radius 1 is 1.50 bits per heavy atom. The number of hydrogen-bond donors (Lipinski definition) is 4. The van der Waals surface area contributed by atoms with E-state index in [0.29, 0.717) is 11.4 Å². The number of hydrogen-bond acceptors (Lipinski definition) is 4. The molecule has 1 aromatic heterocycles. The van der Waals surface area contributed by atoms with Gasteiger partial charge in [-0.1, -0.05) is 0 Å². The second-order valence-electron chi connectivity index (χ2n) is 3.72. The third kappa shape index (κ3) is 4.42. The van der Waals surface area contributed by atoms with Crippen LogP contribution in [0.15, 0.2) is 27.7 Å². The van der Waals surface area contributed by atoms with Gasteiger partial charge < -0.3 is 14.9 Å². The van der Waals surface area contributed by atoms with Crippen molar-refractivity contribution < 1.29 is 19.5 Å². The van der Waals surface area contributed by atoms with Crippen LogP contribution in [-0.4, -0.2) is 30.5 Å². The molecule has 0 saturated carbocycles. The molecular weight excluding hydrogens is 263 g/mol. The second kappa shape index (κ2) is 5.45.